The molecule has 0 unspecified atom stereocenters. The van der Waals surface area contributed by atoms with Gasteiger partial charge in [0.05, 0.1) is 4.90 Å². The Morgan fingerprint density at radius 2 is 2.27 bits per heavy atom. The molecule has 0 aliphatic rings. The zero-order valence-electron chi connectivity index (χ0n) is 5.70. The maximum absolute atomic E-state index is 10.9. The first kappa shape index (κ1) is 8.67. The molecule has 0 fully saturated rings. The molecule has 0 aromatic carbocycles. The predicted octanol–water partition coefficient (Wildman–Crippen LogP) is 1.05. The van der Waals surface area contributed by atoms with Crippen molar-refractivity contribution in [1.29, 1.82) is 0 Å². The minimum Gasteiger partial charge on any atom is -0.252 e. The van der Waals surface area contributed by atoms with E-state index in [9.17, 15) is 8.42 Å². The van der Waals surface area contributed by atoms with E-state index in [-0.39, 0.29) is 4.90 Å². The molecule has 0 N–H and O–H groups in total. The minimum absolute atomic E-state index is 0.197. The maximum atomic E-state index is 10.9. The van der Waals surface area contributed by atoms with Gasteiger partial charge in [-0.3, -0.25) is 4.98 Å². The van der Waals surface area contributed by atoms with Crippen molar-refractivity contribution in [2.75, 3.05) is 6.26 Å². The van der Waals surface area contributed by atoms with Gasteiger partial charge in [0.25, 0.3) is 0 Å². The minimum atomic E-state index is -3.14. The molecular formula is C6H5BrNO2S. The first-order valence-corrected chi connectivity index (χ1v) is 5.42. The summed E-state index contributed by atoms with van der Waals surface area (Å²) in [6, 6.07) is 1.46. The third-order valence-electron chi connectivity index (χ3n) is 1.06. The second kappa shape index (κ2) is 2.91. The molecule has 0 spiro atoms. The molecule has 59 valence electrons. The van der Waals surface area contributed by atoms with Crippen LogP contribution in [0.15, 0.2) is 21.6 Å². The lowest BCUT2D eigenvalue weighted by atomic mass is 10.5. The van der Waals surface area contributed by atoms with E-state index in [0.717, 1.165) is 6.26 Å². The Morgan fingerprint density at radius 3 is 2.64 bits per heavy atom. The van der Waals surface area contributed by atoms with Crippen molar-refractivity contribution in [2.45, 2.75) is 4.90 Å². The van der Waals surface area contributed by atoms with Gasteiger partial charge in [0, 0.05) is 16.9 Å². The molecule has 5 heteroatoms. The molecule has 0 saturated heterocycles. The molecule has 1 rings (SSSR count). The summed E-state index contributed by atoms with van der Waals surface area (Å²) in [7, 11) is -3.14. The van der Waals surface area contributed by atoms with Gasteiger partial charge >= 0.3 is 0 Å². The highest BCUT2D eigenvalue weighted by Crippen LogP contribution is 2.12. The number of aromatic nitrogens is 1. The van der Waals surface area contributed by atoms with Crippen molar-refractivity contribution >= 4 is 25.8 Å². The van der Waals surface area contributed by atoms with Crippen LogP contribution < -0.4 is 0 Å². The van der Waals surface area contributed by atoms with E-state index in [1.807, 2.05) is 0 Å². The maximum Gasteiger partial charge on any atom is 0.177 e. The van der Waals surface area contributed by atoms with E-state index in [1.165, 1.54) is 12.3 Å². The molecule has 1 radical (unpaired) electrons. The summed E-state index contributed by atoms with van der Waals surface area (Å²) in [6.07, 6.45) is 4.95. The van der Waals surface area contributed by atoms with Crippen LogP contribution in [-0.4, -0.2) is 19.7 Å². The van der Waals surface area contributed by atoms with Gasteiger partial charge in [-0.25, -0.2) is 8.42 Å². The van der Waals surface area contributed by atoms with Crippen LogP contribution in [0.4, 0.5) is 0 Å². The van der Waals surface area contributed by atoms with E-state index in [2.05, 4.69) is 27.1 Å². The lowest BCUT2D eigenvalue weighted by Gasteiger charge is -1.95. The average molecular weight is 235 g/mol. The topological polar surface area (TPSA) is 47.0 Å². The van der Waals surface area contributed by atoms with Gasteiger partial charge in [0.1, 0.15) is 6.20 Å². The van der Waals surface area contributed by atoms with Crippen molar-refractivity contribution < 1.29 is 8.42 Å². The molecule has 1 aromatic rings. The van der Waals surface area contributed by atoms with E-state index in [1.54, 1.807) is 0 Å². The van der Waals surface area contributed by atoms with E-state index in [4.69, 9.17) is 0 Å². The van der Waals surface area contributed by atoms with Gasteiger partial charge in [0.15, 0.2) is 9.84 Å². The van der Waals surface area contributed by atoms with Crippen LogP contribution in [0.25, 0.3) is 0 Å². The fourth-order valence-electron chi connectivity index (χ4n) is 0.555. The standard InChI is InChI=1S/C6H5BrNO2S/c1-11(9,10)6-2-5(7)3-8-4-6/h2,4H,1H3. The van der Waals surface area contributed by atoms with Gasteiger partial charge < -0.3 is 0 Å². The molecule has 0 bridgehead atoms. The second-order valence-electron chi connectivity index (χ2n) is 2.04. The van der Waals surface area contributed by atoms with Crippen LogP contribution >= 0.6 is 15.9 Å². The lowest BCUT2D eigenvalue weighted by Crippen LogP contribution is -1.97. The highest BCUT2D eigenvalue weighted by atomic mass is 79.9. The van der Waals surface area contributed by atoms with Gasteiger partial charge in [-0.05, 0) is 22.0 Å². The largest absolute Gasteiger partial charge is 0.252 e. The SMILES string of the molecule is CS(=O)(=O)c1cn[c]c(Br)c1. The van der Waals surface area contributed by atoms with Crippen LogP contribution in [0.2, 0.25) is 0 Å². The van der Waals surface area contributed by atoms with Crippen LogP contribution in [0.1, 0.15) is 0 Å². The second-order valence-corrected chi connectivity index (χ2v) is 4.91. The number of rotatable bonds is 1. The Hall–Kier alpha value is -0.420. The first-order valence-electron chi connectivity index (χ1n) is 2.73. The number of sulfone groups is 1. The summed E-state index contributed by atoms with van der Waals surface area (Å²) in [5.74, 6) is 0. The monoisotopic (exact) mass is 234 g/mol. The Bertz CT molecular complexity index is 361. The molecule has 11 heavy (non-hydrogen) atoms. The van der Waals surface area contributed by atoms with Gasteiger partial charge in [-0.1, -0.05) is 0 Å². The van der Waals surface area contributed by atoms with Crippen LogP contribution in [0, 0.1) is 6.20 Å². The molecule has 0 aliphatic carbocycles. The van der Waals surface area contributed by atoms with E-state index >= 15 is 0 Å². The highest BCUT2D eigenvalue weighted by molar-refractivity contribution is 9.10. The summed E-state index contributed by atoms with van der Waals surface area (Å²) >= 11 is 3.07. The average Bonchev–Trinajstić information content (AvgIpc) is 1.86. The molecule has 3 nitrogen and oxygen atoms in total. The number of hydrogen-bond acceptors (Lipinski definition) is 3. The van der Waals surface area contributed by atoms with E-state index in [0.29, 0.717) is 4.47 Å². The number of nitrogens with zero attached hydrogens (tertiary/aromatic N) is 1. The molecule has 1 aromatic heterocycles. The van der Waals surface area contributed by atoms with E-state index < -0.39 is 9.84 Å². The predicted molar refractivity (Wildman–Crippen MR) is 43.9 cm³/mol. The zero-order valence-corrected chi connectivity index (χ0v) is 8.11. The van der Waals surface area contributed by atoms with Gasteiger partial charge in [-0.2, -0.15) is 0 Å². The molecule has 0 aliphatic heterocycles. The zero-order chi connectivity index (χ0) is 8.48. The molecule has 1 heterocycles. The summed E-state index contributed by atoms with van der Waals surface area (Å²) in [4.78, 5) is 3.80. The Labute approximate surface area is 73.5 Å². The first-order chi connectivity index (χ1) is 5.00. The van der Waals surface area contributed by atoms with Crippen molar-refractivity contribution in [3.63, 3.8) is 0 Å². The van der Waals surface area contributed by atoms with Crippen molar-refractivity contribution in [3.05, 3.63) is 22.9 Å². The van der Waals surface area contributed by atoms with Crippen LogP contribution in [0.5, 0.6) is 0 Å². The van der Waals surface area contributed by atoms with Crippen LogP contribution in [-0.2, 0) is 9.84 Å². The quantitative estimate of drug-likeness (QED) is 0.730. The Balaban J connectivity index is 3.28. The van der Waals surface area contributed by atoms with Crippen LogP contribution in [0.3, 0.4) is 0 Å². The van der Waals surface area contributed by atoms with Gasteiger partial charge in [0.2, 0.25) is 0 Å². The molecular weight excluding hydrogens is 230 g/mol. The summed E-state index contributed by atoms with van der Waals surface area (Å²) in [5, 5.41) is 0. The molecule has 0 saturated carbocycles. The van der Waals surface area contributed by atoms with Gasteiger partial charge in [-0.15, -0.1) is 0 Å². The fraction of sp³-hybridized carbons (Fsp3) is 0.167. The summed E-state index contributed by atoms with van der Waals surface area (Å²) in [6.45, 7) is 0. The Morgan fingerprint density at radius 1 is 1.64 bits per heavy atom. The summed E-state index contributed by atoms with van der Waals surface area (Å²) < 4.78 is 22.4. The molecule has 0 atom stereocenters. The number of hydrogen-bond donors (Lipinski definition) is 0. The van der Waals surface area contributed by atoms with Crippen molar-refractivity contribution in [3.8, 4) is 0 Å². The van der Waals surface area contributed by atoms with Crippen molar-refractivity contribution in [1.82, 2.24) is 4.98 Å². The molecule has 0 amide bonds. The smallest absolute Gasteiger partial charge is 0.177 e. The lowest BCUT2D eigenvalue weighted by molar-refractivity contribution is 0.601. The fourth-order valence-corrected chi connectivity index (χ4v) is 1.63. The number of pyridine rings is 1. The third-order valence-corrected chi connectivity index (χ3v) is 2.55. The third kappa shape index (κ3) is 2.27. The normalized spacial score (nSPS) is 11.5. The van der Waals surface area contributed by atoms with Crippen molar-refractivity contribution in [2.24, 2.45) is 0 Å². The summed E-state index contributed by atoms with van der Waals surface area (Å²) in [5.41, 5.74) is 0. The number of halogens is 1. The Kier molecular flexibility index (Phi) is 2.29. The highest BCUT2D eigenvalue weighted by Gasteiger charge is 2.06.